The fourth-order valence-electron chi connectivity index (χ4n) is 3.58. The standard InChI is InChI=1S/C22H26BrN4O4P/c1-29-20(28)8-7-19-22(31-32-27-10-12-30-13-11-27)26-17-6-5-15(23)14-16(17)21(25-19)18-4-2-3-9-24-18/h2-6,9,14,19,22,26,32H,7-8,10-13H2,1H3/t19-,22?/m0/s1. The minimum atomic E-state index is -0.401. The van der Waals surface area contributed by atoms with E-state index in [4.69, 9.17) is 19.0 Å². The Labute approximate surface area is 197 Å². The van der Waals surface area contributed by atoms with Gasteiger partial charge in [-0.05, 0) is 36.8 Å². The summed E-state index contributed by atoms with van der Waals surface area (Å²) in [6.07, 6.45) is 2.10. The normalized spacial score (nSPS) is 21.5. The zero-order chi connectivity index (χ0) is 22.3. The Morgan fingerprint density at radius 3 is 2.91 bits per heavy atom. The molecule has 4 rings (SSSR count). The lowest BCUT2D eigenvalue weighted by atomic mass is 10.0. The highest BCUT2D eigenvalue weighted by Crippen LogP contribution is 2.33. The number of aliphatic imine (C=N–C) groups is 1. The highest BCUT2D eigenvalue weighted by atomic mass is 79.9. The number of aromatic nitrogens is 1. The number of anilines is 1. The molecule has 1 saturated heterocycles. The van der Waals surface area contributed by atoms with E-state index in [0.717, 1.165) is 40.2 Å². The maximum atomic E-state index is 11.9. The van der Waals surface area contributed by atoms with Gasteiger partial charge in [-0.3, -0.25) is 19.4 Å². The van der Waals surface area contributed by atoms with E-state index in [9.17, 15) is 4.79 Å². The second kappa shape index (κ2) is 11.3. The topological polar surface area (TPSA) is 85.3 Å². The fourth-order valence-corrected chi connectivity index (χ4v) is 4.78. The molecule has 0 radical (unpaired) electrons. The molecule has 1 fully saturated rings. The van der Waals surface area contributed by atoms with Crippen LogP contribution in [0.4, 0.5) is 5.69 Å². The molecule has 2 aromatic rings. The third kappa shape index (κ3) is 5.91. The molecular weight excluding hydrogens is 495 g/mol. The number of benzene rings is 1. The summed E-state index contributed by atoms with van der Waals surface area (Å²) in [7, 11) is 1.57. The molecule has 2 unspecified atom stereocenters. The number of hydrogen-bond donors (Lipinski definition) is 1. The lowest BCUT2D eigenvalue weighted by Crippen LogP contribution is -2.36. The number of pyridine rings is 1. The van der Waals surface area contributed by atoms with Crippen molar-refractivity contribution in [3.8, 4) is 0 Å². The summed E-state index contributed by atoms with van der Waals surface area (Å²) in [6, 6.07) is 11.5. The Kier molecular flexibility index (Phi) is 8.21. The summed E-state index contributed by atoms with van der Waals surface area (Å²) in [5, 5.41) is 3.53. The number of rotatable bonds is 7. The van der Waals surface area contributed by atoms with Crippen LogP contribution in [0.25, 0.3) is 0 Å². The van der Waals surface area contributed by atoms with Gasteiger partial charge in [0.1, 0.15) is 0 Å². The van der Waals surface area contributed by atoms with Crippen molar-refractivity contribution in [3.63, 3.8) is 0 Å². The van der Waals surface area contributed by atoms with Crippen molar-refractivity contribution in [1.29, 1.82) is 0 Å². The Balaban J connectivity index is 1.67. The zero-order valence-corrected chi connectivity index (χ0v) is 20.4. The molecule has 3 atom stereocenters. The Hall–Kier alpha value is -1.90. The van der Waals surface area contributed by atoms with E-state index in [1.807, 2.05) is 36.4 Å². The first-order chi connectivity index (χ1) is 15.6. The number of hydrogen-bond acceptors (Lipinski definition) is 8. The van der Waals surface area contributed by atoms with E-state index in [0.29, 0.717) is 19.6 Å². The van der Waals surface area contributed by atoms with Crippen LogP contribution in [0.5, 0.6) is 0 Å². The third-order valence-corrected chi connectivity index (χ3v) is 6.84. The van der Waals surface area contributed by atoms with Gasteiger partial charge in [-0.15, -0.1) is 0 Å². The molecule has 0 amide bonds. The summed E-state index contributed by atoms with van der Waals surface area (Å²) in [4.78, 5) is 21.5. The van der Waals surface area contributed by atoms with Gasteiger partial charge in [0, 0.05) is 41.4 Å². The Bertz CT molecular complexity index is 956. The first kappa shape index (κ1) is 23.3. The van der Waals surface area contributed by atoms with Crippen LogP contribution in [0, 0.1) is 0 Å². The molecule has 2 aliphatic rings. The molecule has 0 spiro atoms. The zero-order valence-electron chi connectivity index (χ0n) is 17.8. The number of esters is 1. The molecule has 170 valence electrons. The number of nitrogens with zero attached hydrogens (tertiary/aromatic N) is 3. The maximum Gasteiger partial charge on any atom is 0.305 e. The SMILES string of the molecule is COC(=O)CC[C@@H]1N=C(c2ccccn2)c2cc(Br)ccc2NC1OPN1CCOCC1. The second-order valence-electron chi connectivity index (χ2n) is 7.44. The van der Waals surface area contributed by atoms with Crippen LogP contribution in [-0.4, -0.2) is 67.0 Å². The van der Waals surface area contributed by atoms with Gasteiger partial charge in [0.25, 0.3) is 0 Å². The van der Waals surface area contributed by atoms with Crippen molar-refractivity contribution in [1.82, 2.24) is 9.65 Å². The lowest BCUT2D eigenvalue weighted by molar-refractivity contribution is -0.140. The van der Waals surface area contributed by atoms with E-state index < -0.39 is 6.23 Å². The van der Waals surface area contributed by atoms with Gasteiger partial charge in [-0.25, -0.2) is 0 Å². The third-order valence-electron chi connectivity index (χ3n) is 5.28. The molecule has 8 nitrogen and oxygen atoms in total. The largest absolute Gasteiger partial charge is 0.469 e. The fraction of sp³-hybridized carbons (Fsp3) is 0.409. The van der Waals surface area contributed by atoms with Crippen LogP contribution < -0.4 is 5.32 Å². The molecule has 0 bridgehead atoms. The van der Waals surface area contributed by atoms with Crippen molar-refractivity contribution >= 4 is 42.3 Å². The minimum absolute atomic E-state index is 0.168. The summed E-state index contributed by atoms with van der Waals surface area (Å²) in [5.74, 6) is -0.265. The monoisotopic (exact) mass is 520 g/mol. The van der Waals surface area contributed by atoms with Gasteiger partial charge in [0.05, 0.1) is 46.7 Å². The molecule has 1 aromatic heterocycles. The van der Waals surface area contributed by atoms with Crippen molar-refractivity contribution < 1.29 is 18.8 Å². The van der Waals surface area contributed by atoms with E-state index in [2.05, 4.69) is 30.9 Å². The molecular formula is C22H26BrN4O4P. The van der Waals surface area contributed by atoms with Crippen molar-refractivity contribution in [2.24, 2.45) is 4.99 Å². The van der Waals surface area contributed by atoms with Gasteiger partial charge in [0.15, 0.2) is 6.23 Å². The number of methoxy groups -OCH3 is 1. The molecule has 1 N–H and O–H groups in total. The van der Waals surface area contributed by atoms with Crippen LogP contribution in [-0.2, 0) is 18.8 Å². The molecule has 3 heterocycles. The number of ether oxygens (including phenoxy) is 2. The number of fused-ring (bicyclic) bond motifs is 1. The van der Waals surface area contributed by atoms with E-state index in [-0.39, 0.29) is 27.4 Å². The number of morpholine rings is 1. The second-order valence-corrected chi connectivity index (χ2v) is 9.40. The lowest BCUT2D eigenvalue weighted by Gasteiger charge is -2.30. The molecule has 2 aliphatic heterocycles. The van der Waals surface area contributed by atoms with Gasteiger partial charge < -0.3 is 19.3 Å². The number of carbonyl (C=O) groups is 1. The average molecular weight is 521 g/mol. The van der Waals surface area contributed by atoms with Crippen LogP contribution in [0.2, 0.25) is 0 Å². The van der Waals surface area contributed by atoms with E-state index >= 15 is 0 Å². The van der Waals surface area contributed by atoms with Crippen molar-refractivity contribution in [2.45, 2.75) is 25.1 Å². The predicted molar refractivity (Wildman–Crippen MR) is 128 cm³/mol. The molecule has 10 heteroatoms. The Morgan fingerprint density at radius 1 is 1.31 bits per heavy atom. The summed E-state index contributed by atoms with van der Waals surface area (Å²) in [5.41, 5.74) is 3.38. The van der Waals surface area contributed by atoms with Gasteiger partial charge in [-0.2, -0.15) is 0 Å². The molecule has 32 heavy (non-hydrogen) atoms. The van der Waals surface area contributed by atoms with Gasteiger partial charge in [-0.1, -0.05) is 22.0 Å². The quantitative estimate of drug-likeness (QED) is 0.440. The summed E-state index contributed by atoms with van der Waals surface area (Å²) in [6.45, 7) is 3.09. The highest BCUT2D eigenvalue weighted by Gasteiger charge is 2.30. The van der Waals surface area contributed by atoms with Crippen molar-refractivity contribution in [3.05, 3.63) is 58.3 Å². The van der Waals surface area contributed by atoms with E-state index in [1.54, 1.807) is 6.20 Å². The van der Waals surface area contributed by atoms with Crippen LogP contribution >= 0.6 is 24.9 Å². The number of carbonyl (C=O) groups excluding carboxylic acids is 1. The maximum absolute atomic E-state index is 11.9. The molecule has 0 aliphatic carbocycles. The predicted octanol–water partition coefficient (Wildman–Crippen LogP) is 3.61. The average Bonchev–Trinajstić information content (AvgIpc) is 2.99. The van der Waals surface area contributed by atoms with Crippen LogP contribution in [0.15, 0.2) is 52.1 Å². The van der Waals surface area contributed by atoms with Gasteiger partial charge >= 0.3 is 5.97 Å². The Morgan fingerprint density at radius 2 is 2.16 bits per heavy atom. The number of halogens is 1. The van der Waals surface area contributed by atoms with Gasteiger partial charge in [0.2, 0.25) is 0 Å². The molecule has 1 aromatic carbocycles. The van der Waals surface area contributed by atoms with Crippen molar-refractivity contribution in [2.75, 3.05) is 38.7 Å². The highest BCUT2D eigenvalue weighted by molar-refractivity contribution is 9.10. The number of nitrogens with one attached hydrogen (secondary N) is 1. The smallest absolute Gasteiger partial charge is 0.305 e. The minimum Gasteiger partial charge on any atom is -0.469 e. The first-order valence-electron chi connectivity index (χ1n) is 10.5. The van der Waals surface area contributed by atoms with Crippen LogP contribution in [0.3, 0.4) is 0 Å². The van der Waals surface area contributed by atoms with E-state index in [1.165, 1.54) is 7.11 Å². The van der Waals surface area contributed by atoms with Crippen LogP contribution in [0.1, 0.15) is 24.1 Å². The first-order valence-corrected chi connectivity index (χ1v) is 12.2. The number of benzodiazepines with no additional fused rings is 1. The summed E-state index contributed by atoms with van der Waals surface area (Å²) >= 11 is 3.58. The summed E-state index contributed by atoms with van der Waals surface area (Å²) < 4.78 is 19.8. The molecule has 0 saturated carbocycles.